The summed E-state index contributed by atoms with van der Waals surface area (Å²) in [5.74, 6) is 0.782. The largest absolute Gasteiger partial charge is 0.497 e. The van der Waals surface area contributed by atoms with Crippen molar-refractivity contribution in [2.24, 2.45) is 0 Å². The first kappa shape index (κ1) is 15.2. The molecule has 0 saturated heterocycles. The molecule has 3 aromatic rings. The van der Waals surface area contributed by atoms with Crippen molar-refractivity contribution >= 4 is 0 Å². The molecule has 23 heavy (non-hydrogen) atoms. The molecule has 0 aliphatic rings. The number of benzene rings is 2. The molecule has 0 aliphatic heterocycles. The summed E-state index contributed by atoms with van der Waals surface area (Å²) >= 11 is 0. The van der Waals surface area contributed by atoms with Crippen molar-refractivity contribution < 1.29 is 9.84 Å². The van der Waals surface area contributed by atoms with Gasteiger partial charge < -0.3 is 9.84 Å². The van der Waals surface area contributed by atoms with Crippen molar-refractivity contribution in [1.82, 2.24) is 15.0 Å². The summed E-state index contributed by atoms with van der Waals surface area (Å²) in [7, 11) is 1.63. The molecule has 2 aromatic carbocycles. The van der Waals surface area contributed by atoms with E-state index in [-0.39, 0.29) is 6.61 Å². The lowest BCUT2D eigenvalue weighted by Crippen LogP contribution is -2.03. The summed E-state index contributed by atoms with van der Waals surface area (Å²) in [6.07, 6.45) is 0. The number of ether oxygens (including phenoxy) is 1. The molecule has 0 fully saturated rings. The molecule has 0 radical (unpaired) electrons. The maximum atomic E-state index is 9.62. The molecule has 5 nitrogen and oxygen atoms in total. The van der Waals surface area contributed by atoms with Crippen LogP contribution in [0.4, 0.5) is 0 Å². The fourth-order valence-corrected chi connectivity index (χ4v) is 2.57. The first-order valence-electron chi connectivity index (χ1n) is 7.41. The Kier molecular flexibility index (Phi) is 4.12. The Morgan fingerprint density at radius 1 is 1.09 bits per heavy atom. The highest BCUT2D eigenvalue weighted by molar-refractivity contribution is 5.65. The summed E-state index contributed by atoms with van der Waals surface area (Å²) < 4.78 is 6.99. The van der Waals surface area contributed by atoms with Crippen molar-refractivity contribution in [3.8, 4) is 22.7 Å². The lowest BCUT2D eigenvalue weighted by molar-refractivity contribution is 0.277. The van der Waals surface area contributed by atoms with E-state index in [9.17, 15) is 5.11 Å². The standard InChI is InChI=1S/C18H19N3O2/c1-12-4-5-13(2)17(10-12)21-18(16(11-22)19-20-21)14-6-8-15(23-3)9-7-14/h4-10,22H,11H2,1-3H3. The average Bonchev–Trinajstić information content (AvgIpc) is 3.01. The third kappa shape index (κ3) is 2.83. The zero-order valence-corrected chi connectivity index (χ0v) is 13.4. The maximum Gasteiger partial charge on any atom is 0.118 e. The number of aryl methyl sites for hydroxylation is 2. The van der Waals surface area contributed by atoms with Crippen LogP contribution in [0.3, 0.4) is 0 Å². The van der Waals surface area contributed by atoms with Gasteiger partial charge in [-0.05, 0) is 55.3 Å². The van der Waals surface area contributed by atoms with Gasteiger partial charge in [-0.1, -0.05) is 17.3 Å². The number of rotatable bonds is 4. The van der Waals surface area contributed by atoms with Crippen molar-refractivity contribution in [2.45, 2.75) is 20.5 Å². The minimum atomic E-state index is -0.160. The lowest BCUT2D eigenvalue weighted by Gasteiger charge is -2.11. The SMILES string of the molecule is COc1ccc(-c2c(CO)nnn2-c2cc(C)ccc2C)cc1. The number of aliphatic hydroxyl groups is 1. The van der Waals surface area contributed by atoms with Gasteiger partial charge in [0.2, 0.25) is 0 Å². The van der Waals surface area contributed by atoms with E-state index in [1.165, 1.54) is 0 Å². The Bertz CT molecular complexity index is 823. The van der Waals surface area contributed by atoms with Crippen LogP contribution >= 0.6 is 0 Å². The van der Waals surface area contributed by atoms with Crippen LogP contribution in [-0.4, -0.2) is 27.2 Å². The minimum absolute atomic E-state index is 0.160. The Morgan fingerprint density at radius 3 is 2.48 bits per heavy atom. The van der Waals surface area contributed by atoms with Gasteiger partial charge in [0.25, 0.3) is 0 Å². The quantitative estimate of drug-likeness (QED) is 0.804. The number of hydrogen-bond acceptors (Lipinski definition) is 4. The van der Waals surface area contributed by atoms with Crippen LogP contribution in [0.25, 0.3) is 16.9 Å². The number of hydrogen-bond donors (Lipinski definition) is 1. The van der Waals surface area contributed by atoms with Crippen LogP contribution in [0.2, 0.25) is 0 Å². The van der Waals surface area contributed by atoms with Crippen LogP contribution in [0.5, 0.6) is 5.75 Å². The Hall–Kier alpha value is -2.66. The van der Waals surface area contributed by atoms with Crippen molar-refractivity contribution in [3.05, 3.63) is 59.3 Å². The highest BCUT2D eigenvalue weighted by Crippen LogP contribution is 2.28. The van der Waals surface area contributed by atoms with Crippen LogP contribution < -0.4 is 4.74 Å². The fraction of sp³-hybridized carbons (Fsp3) is 0.222. The van der Waals surface area contributed by atoms with E-state index >= 15 is 0 Å². The molecular formula is C18H19N3O2. The van der Waals surface area contributed by atoms with Crippen molar-refractivity contribution in [2.75, 3.05) is 7.11 Å². The Morgan fingerprint density at radius 2 is 1.83 bits per heavy atom. The smallest absolute Gasteiger partial charge is 0.118 e. The summed E-state index contributed by atoms with van der Waals surface area (Å²) in [5.41, 5.74) is 5.48. The van der Waals surface area contributed by atoms with Gasteiger partial charge in [0.05, 0.1) is 19.4 Å². The summed E-state index contributed by atoms with van der Waals surface area (Å²) in [6, 6.07) is 13.8. The molecule has 5 heteroatoms. The third-order valence-electron chi connectivity index (χ3n) is 3.85. The van der Waals surface area contributed by atoms with E-state index in [0.717, 1.165) is 33.8 Å². The molecule has 0 spiro atoms. The van der Waals surface area contributed by atoms with Gasteiger partial charge in [0.15, 0.2) is 0 Å². The average molecular weight is 309 g/mol. The molecular weight excluding hydrogens is 290 g/mol. The van der Waals surface area contributed by atoms with E-state index in [1.807, 2.05) is 38.1 Å². The van der Waals surface area contributed by atoms with Crippen molar-refractivity contribution in [3.63, 3.8) is 0 Å². The molecule has 1 N–H and O–H groups in total. The first-order chi connectivity index (χ1) is 11.1. The van der Waals surface area contributed by atoms with Gasteiger partial charge in [0.1, 0.15) is 17.1 Å². The molecule has 1 aromatic heterocycles. The molecule has 0 unspecified atom stereocenters. The van der Waals surface area contributed by atoms with Crippen LogP contribution in [0.1, 0.15) is 16.8 Å². The molecule has 0 saturated carbocycles. The Labute approximate surface area is 135 Å². The monoisotopic (exact) mass is 309 g/mol. The second kappa shape index (κ2) is 6.22. The predicted octanol–water partition coefficient (Wildman–Crippen LogP) is 3.05. The topological polar surface area (TPSA) is 60.2 Å². The van der Waals surface area contributed by atoms with E-state index in [4.69, 9.17) is 4.74 Å². The molecule has 0 atom stereocenters. The van der Waals surface area contributed by atoms with Crippen LogP contribution in [0, 0.1) is 13.8 Å². The van der Waals surface area contributed by atoms with Gasteiger partial charge in [0, 0.05) is 5.56 Å². The van der Waals surface area contributed by atoms with Crippen LogP contribution in [-0.2, 0) is 6.61 Å². The molecule has 3 rings (SSSR count). The normalized spacial score (nSPS) is 10.8. The molecule has 0 amide bonds. The fourth-order valence-electron chi connectivity index (χ4n) is 2.57. The number of aliphatic hydroxyl groups excluding tert-OH is 1. The first-order valence-corrected chi connectivity index (χ1v) is 7.41. The van der Waals surface area contributed by atoms with Gasteiger partial charge >= 0.3 is 0 Å². The van der Waals surface area contributed by atoms with Gasteiger partial charge in [-0.25, -0.2) is 4.68 Å². The van der Waals surface area contributed by atoms with Gasteiger partial charge in [-0.3, -0.25) is 0 Å². The molecule has 118 valence electrons. The summed E-state index contributed by atoms with van der Waals surface area (Å²) in [5, 5.41) is 18.0. The number of aromatic nitrogens is 3. The lowest BCUT2D eigenvalue weighted by atomic mass is 10.1. The van der Waals surface area contributed by atoms with E-state index in [0.29, 0.717) is 5.69 Å². The third-order valence-corrected chi connectivity index (χ3v) is 3.85. The van der Waals surface area contributed by atoms with E-state index < -0.39 is 0 Å². The molecule has 0 bridgehead atoms. The maximum absolute atomic E-state index is 9.62. The summed E-state index contributed by atoms with van der Waals surface area (Å²) in [4.78, 5) is 0. The zero-order chi connectivity index (χ0) is 16.4. The van der Waals surface area contributed by atoms with E-state index in [1.54, 1.807) is 11.8 Å². The predicted molar refractivity (Wildman–Crippen MR) is 88.7 cm³/mol. The second-order valence-corrected chi connectivity index (χ2v) is 5.47. The zero-order valence-electron chi connectivity index (χ0n) is 13.4. The Balaban J connectivity index is 2.19. The van der Waals surface area contributed by atoms with Gasteiger partial charge in [-0.15, -0.1) is 5.10 Å². The molecule has 0 aliphatic carbocycles. The minimum Gasteiger partial charge on any atom is -0.497 e. The highest BCUT2D eigenvalue weighted by atomic mass is 16.5. The number of methoxy groups -OCH3 is 1. The van der Waals surface area contributed by atoms with Crippen molar-refractivity contribution in [1.29, 1.82) is 0 Å². The second-order valence-electron chi connectivity index (χ2n) is 5.47. The van der Waals surface area contributed by atoms with Crippen LogP contribution in [0.15, 0.2) is 42.5 Å². The van der Waals surface area contributed by atoms with E-state index in [2.05, 4.69) is 28.5 Å². The summed E-state index contributed by atoms with van der Waals surface area (Å²) in [6.45, 7) is 3.92. The van der Waals surface area contributed by atoms with Gasteiger partial charge in [-0.2, -0.15) is 0 Å². The number of nitrogens with zero attached hydrogens (tertiary/aromatic N) is 3. The highest BCUT2D eigenvalue weighted by Gasteiger charge is 2.17. The molecule has 1 heterocycles.